The third-order valence-electron chi connectivity index (χ3n) is 2.77. The number of nitrogens with two attached hydrogens (primary N) is 1. The van der Waals surface area contributed by atoms with E-state index in [1.165, 1.54) is 18.2 Å². The van der Waals surface area contributed by atoms with E-state index in [1.54, 1.807) is 35.2 Å². The van der Waals surface area contributed by atoms with Crippen LogP contribution >= 0.6 is 0 Å². The topological polar surface area (TPSA) is 102 Å². The largest absolute Gasteiger partial charge is 0.490 e. The number of hydrogen-bond acceptors (Lipinski definition) is 5. The Bertz CT molecular complexity index is 633. The number of anilines is 1. The Labute approximate surface area is 121 Å². The lowest BCUT2D eigenvalue weighted by Crippen LogP contribution is -2.41. The van der Waals surface area contributed by atoms with Gasteiger partial charge in [-0.25, -0.2) is 4.57 Å². The average molecular weight is 290 g/mol. The molecular formula is C14H16N3O4+. The van der Waals surface area contributed by atoms with E-state index in [4.69, 9.17) is 10.5 Å². The van der Waals surface area contributed by atoms with Crippen molar-refractivity contribution >= 4 is 11.4 Å². The molecule has 7 heteroatoms. The Morgan fingerprint density at radius 1 is 1.38 bits per heavy atom. The van der Waals surface area contributed by atoms with Crippen molar-refractivity contribution in [1.29, 1.82) is 0 Å². The molecule has 0 spiro atoms. The van der Waals surface area contributed by atoms with Crippen molar-refractivity contribution in [3.8, 4) is 5.75 Å². The lowest BCUT2D eigenvalue weighted by Gasteiger charge is -2.10. The smallest absolute Gasteiger partial charge is 0.273 e. The highest BCUT2D eigenvalue weighted by Crippen LogP contribution is 2.19. The number of pyridine rings is 1. The molecule has 0 radical (unpaired) electrons. The van der Waals surface area contributed by atoms with Crippen molar-refractivity contribution in [3.63, 3.8) is 0 Å². The molecule has 110 valence electrons. The highest BCUT2D eigenvalue weighted by atomic mass is 16.6. The molecule has 0 saturated carbocycles. The van der Waals surface area contributed by atoms with Gasteiger partial charge in [-0.15, -0.1) is 0 Å². The predicted octanol–water partition coefficient (Wildman–Crippen LogP) is 0.904. The standard InChI is InChI=1S/C14H16N3O4/c15-11-3-2-6-16(8-11)9-13(18)10-21-14-5-1-4-12(7-14)17(19)20/h1-8,13,18H,9-10,15H2/q+1. The zero-order valence-corrected chi connectivity index (χ0v) is 11.3. The Kier molecular flexibility index (Phi) is 4.68. The number of nitro groups is 1. The summed E-state index contributed by atoms with van der Waals surface area (Å²) in [6.45, 7) is 0.350. The van der Waals surface area contributed by atoms with Gasteiger partial charge in [-0.3, -0.25) is 10.1 Å². The first-order valence-corrected chi connectivity index (χ1v) is 6.34. The van der Waals surface area contributed by atoms with Crippen molar-refractivity contribution in [1.82, 2.24) is 0 Å². The molecule has 1 aromatic heterocycles. The van der Waals surface area contributed by atoms with Crippen LogP contribution in [0.2, 0.25) is 0 Å². The van der Waals surface area contributed by atoms with Gasteiger partial charge in [0.2, 0.25) is 0 Å². The minimum Gasteiger partial charge on any atom is -0.490 e. The molecule has 3 N–H and O–H groups in total. The number of aliphatic hydroxyl groups is 1. The molecular weight excluding hydrogens is 274 g/mol. The van der Waals surface area contributed by atoms with E-state index < -0.39 is 11.0 Å². The fourth-order valence-electron chi connectivity index (χ4n) is 1.83. The Hall–Kier alpha value is -2.67. The van der Waals surface area contributed by atoms with Gasteiger partial charge in [0.25, 0.3) is 5.69 Å². The van der Waals surface area contributed by atoms with Gasteiger partial charge in [0.1, 0.15) is 18.5 Å². The van der Waals surface area contributed by atoms with E-state index in [2.05, 4.69) is 0 Å². The highest BCUT2D eigenvalue weighted by molar-refractivity contribution is 5.37. The third kappa shape index (κ3) is 4.43. The molecule has 1 heterocycles. The number of nitrogen functional groups attached to an aromatic ring is 1. The fraction of sp³-hybridized carbons (Fsp3) is 0.214. The molecule has 1 atom stereocenters. The number of aromatic nitrogens is 1. The molecule has 1 unspecified atom stereocenters. The summed E-state index contributed by atoms with van der Waals surface area (Å²) in [4.78, 5) is 10.2. The van der Waals surface area contributed by atoms with E-state index in [0.29, 0.717) is 18.0 Å². The van der Waals surface area contributed by atoms with Crippen LogP contribution in [0, 0.1) is 10.1 Å². The summed E-state index contributed by atoms with van der Waals surface area (Å²) in [5.74, 6) is 0.348. The van der Waals surface area contributed by atoms with E-state index in [1.807, 2.05) is 0 Å². The van der Waals surface area contributed by atoms with Crippen LogP contribution < -0.4 is 15.0 Å². The molecule has 2 aromatic rings. The zero-order chi connectivity index (χ0) is 15.2. The van der Waals surface area contributed by atoms with E-state index >= 15 is 0 Å². The van der Waals surface area contributed by atoms with Crippen molar-refractivity contribution in [2.75, 3.05) is 12.3 Å². The number of benzene rings is 1. The lowest BCUT2D eigenvalue weighted by molar-refractivity contribution is -0.703. The van der Waals surface area contributed by atoms with Gasteiger partial charge < -0.3 is 15.6 Å². The second-order valence-electron chi connectivity index (χ2n) is 4.55. The molecule has 21 heavy (non-hydrogen) atoms. The SMILES string of the molecule is Nc1ccc[n+](CC(O)COc2cccc([N+](=O)[O-])c2)c1. The molecule has 1 aromatic carbocycles. The van der Waals surface area contributed by atoms with Gasteiger partial charge in [-0.2, -0.15) is 0 Å². The second kappa shape index (κ2) is 6.67. The minimum atomic E-state index is -0.754. The first-order valence-electron chi connectivity index (χ1n) is 6.34. The van der Waals surface area contributed by atoms with Crippen LogP contribution in [0.15, 0.2) is 48.8 Å². The van der Waals surface area contributed by atoms with E-state index in [0.717, 1.165) is 0 Å². The number of non-ortho nitro benzene ring substituents is 1. The summed E-state index contributed by atoms with van der Waals surface area (Å²) in [5, 5.41) is 20.6. The van der Waals surface area contributed by atoms with Crippen LogP contribution in [0.4, 0.5) is 11.4 Å². The number of hydrogen-bond donors (Lipinski definition) is 2. The highest BCUT2D eigenvalue weighted by Gasteiger charge is 2.13. The predicted molar refractivity (Wildman–Crippen MR) is 75.6 cm³/mol. The van der Waals surface area contributed by atoms with Crippen molar-refractivity contribution < 1.29 is 19.3 Å². The Morgan fingerprint density at radius 2 is 2.19 bits per heavy atom. The summed E-state index contributed by atoms with van der Waals surface area (Å²) < 4.78 is 7.11. The summed E-state index contributed by atoms with van der Waals surface area (Å²) in [7, 11) is 0. The van der Waals surface area contributed by atoms with E-state index in [-0.39, 0.29) is 12.3 Å². The molecule has 0 aliphatic carbocycles. The zero-order valence-electron chi connectivity index (χ0n) is 11.3. The van der Waals surface area contributed by atoms with Crippen LogP contribution in [0.1, 0.15) is 0 Å². The van der Waals surface area contributed by atoms with Crippen LogP contribution in [0.25, 0.3) is 0 Å². The normalized spacial score (nSPS) is 11.9. The first-order chi connectivity index (χ1) is 10.0. The summed E-state index contributed by atoms with van der Waals surface area (Å²) in [6.07, 6.45) is 2.74. The molecule has 7 nitrogen and oxygen atoms in total. The lowest BCUT2D eigenvalue weighted by atomic mass is 10.3. The number of ether oxygens (including phenoxy) is 1. The first kappa shape index (κ1) is 14.7. The summed E-state index contributed by atoms with van der Waals surface area (Å²) >= 11 is 0. The van der Waals surface area contributed by atoms with Crippen LogP contribution in [0.3, 0.4) is 0 Å². The van der Waals surface area contributed by atoms with Crippen molar-refractivity contribution in [2.24, 2.45) is 0 Å². The van der Waals surface area contributed by atoms with Gasteiger partial charge in [-0.1, -0.05) is 6.07 Å². The fourth-order valence-corrected chi connectivity index (χ4v) is 1.83. The molecule has 2 rings (SSSR count). The molecule has 0 aliphatic heterocycles. The molecule has 0 aliphatic rings. The minimum absolute atomic E-state index is 0.0307. The molecule has 0 amide bonds. The van der Waals surface area contributed by atoms with Crippen molar-refractivity contribution in [2.45, 2.75) is 12.6 Å². The van der Waals surface area contributed by atoms with Gasteiger partial charge in [0.15, 0.2) is 18.9 Å². The second-order valence-corrected chi connectivity index (χ2v) is 4.55. The van der Waals surface area contributed by atoms with Gasteiger partial charge in [0, 0.05) is 12.1 Å². The maximum Gasteiger partial charge on any atom is 0.273 e. The summed E-state index contributed by atoms with van der Waals surface area (Å²) in [5.41, 5.74) is 6.20. The van der Waals surface area contributed by atoms with Crippen LogP contribution in [0.5, 0.6) is 5.75 Å². The van der Waals surface area contributed by atoms with Gasteiger partial charge in [0.05, 0.1) is 16.7 Å². The number of nitrogens with zero attached hydrogens (tertiary/aromatic N) is 2. The monoisotopic (exact) mass is 290 g/mol. The number of aliphatic hydroxyl groups excluding tert-OH is 1. The van der Waals surface area contributed by atoms with Gasteiger partial charge >= 0.3 is 0 Å². The number of rotatable bonds is 6. The average Bonchev–Trinajstić information content (AvgIpc) is 2.45. The quantitative estimate of drug-likeness (QED) is 0.467. The molecule has 0 saturated heterocycles. The number of nitro benzene ring substituents is 1. The van der Waals surface area contributed by atoms with Gasteiger partial charge in [-0.05, 0) is 12.1 Å². The third-order valence-corrected chi connectivity index (χ3v) is 2.77. The Balaban J connectivity index is 1.90. The Morgan fingerprint density at radius 3 is 2.90 bits per heavy atom. The maximum atomic E-state index is 10.6. The molecule has 0 bridgehead atoms. The molecule has 0 fully saturated rings. The van der Waals surface area contributed by atoms with E-state index in [9.17, 15) is 15.2 Å². The maximum absolute atomic E-state index is 10.6. The van der Waals surface area contributed by atoms with Crippen molar-refractivity contribution in [3.05, 3.63) is 58.9 Å². The van der Waals surface area contributed by atoms with Crippen LogP contribution in [-0.4, -0.2) is 22.7 Å². The summed E-state index contributed by atoms with van der Waals surface area (Å²) in [6, 6.07) is 9.37. The van der Waals surface area contributed by atoms with Crippen LogP contribution in [-0.2, 0) is 6.54 Å².